The van der Waals surface area contributed by atoms with Crippen molar-refractivity contribution in [2.75, 3.05) is 11.9 Å². The Morgan fingerprint density at radius 1 is 1.46 bits per heavy atom. The fourth-order valence-electron chi connectivity index (χ4n) is 1.74. The first kappa shape index (κ1) is 8.57. The Labute approximate surface area is 79.1 Å². The van der Waals surface area contributed by atoms with Crippen LogP contribution in [0.2, 0.25) is 0 Å². The van der Waals surface area contributed by atoms with E-state index in [1.54, 1.807) is 0 Å². The molecular formula is C11H16N2. The highest BCUT2D eigenvalue weighted by Crippen LogP contribution is 2.42. The third kappa shape index (κ3) is 1.68. The summed E-state index contributed by atoms with van der Waals surface area (Å²) in [5.74, 6) is 0.593. The van der Waals surface area contributed by atoms with Gasteiger partial charge in [-0.1, -0.05) is 18.2 Å². The molecule has 0 bridgehead atoms. The van der Waals surface area contributed by atoms with Crippen molar-refractivity contribution in [3.05, 3.63) is 29.8 Å². The molecule has 2 rings (SSSR count). The van der Waals surface area contributed by atoms with Gasteiger partial charge in [0.05, 0.1) is 0 Å². The molecule has 0 spiro atoms. The van der Waals surface area contributed by atoms with Crippen molar-refractivity contribution in [2.24, 2.45) is 5.73 Å². The molecule has 2 nitrogen and oxygen atoms in total. The maximum Gasteiger partial charge on any atom is 0.0376 e. The van der Waals surface area contributed by atoms with Crippen LogP contribution in [0.4, 0.5) is 5.69 Å². The van der Waals surface area contributed by atoms with Crippen LogP contribution in [0.5, 0.6) is 0 Å². The Bertz CT molecular complexity index is 296. The van der Waals surface area contributed by atoms with E-state index in [9.17, 15) is 0 Å². The van der Waals surface area contributed by atoms with Crippen molar-refractivity contribution in [3.63, 3.8) is 0 Å². The van der Waals surface area contributed by atoms with Gasteiger partial charge in [0.15, 0.2) is 0 Å². The number of nitrogens with one attached hydrogen (secondary N) is 1. The quantitative estimate of drug-likeness (QED) is 0.738. The van der Waals surface area contributed by atoms with Crippen LogP contribution in [0, 0.1) is 0 Å². The van der Waals surface area contributed by atoms with Gasteiger partial charge >= 0.3 is 0 Å². The van der Waals surface area contributed by atoms with Crippen LogP contribution in [0.15, 0.2) is 24.3 Å². The van der Waals surface area contributed by atoms with Gasteiger partial charge in [-0.15, -0.1) is 0 Å². The molecule has 2 unspecified atom stereocenters. The van der Waals surface area contributed by atoms with Gasteiger partial charge in [-0.05, 0) is 25.0 Å². The highest BCUT2D eigenvalue weighted by molar-refractivity contribution is 5.54. The molecule has 2 heteroatoms. The molecule has 0 heterocycles. The summed E-state index contributed by atoms with van der Waals surface area (Å²) in [6.45, 7) is 3.09. The van der Waals surface area contributed by atoms with Crippen molar-refractivity contribution in [1.29, 1.82) is 0 Å². The molecule has 70 valence electrons. The zero-order valence-corrected chi connectivity index (χ0v) is 7.96. The number of para-hydroxylation sites is 1. The summed E-state index contributed by atoms with van der Waals surface area (Å²) in [5, 5.41) is 3.36. The molecule has 0 saturated heterocycles. The molecule has 2 atom stereocenters. The molecule has 0 aromatic heterocycles. The van der Waals surface area contributed by atoms with Gasteiger partial charge in [0.2, 0.25) is 0 Å². The first-order chi connectivity index (χ1) is 6.33. The van der Waals surface area contributed by atoms with Gasteiger partial charge in [-0.3, -0.25) is 0 Å². The van der Waals surface area contributed by atoms with Crippen molar-refractivity contribution in [1.82, 2.24) is 0 Å². The molecule has 1 aromatic rings. The van der Waals surface area contributed by atoms with Crippen LogP contribution in [0.3, 0.4) is 0 Å². The lowest BCUT2D eigenvalue weighted by Crippen LogP contribution is -2.04. The Morgan fingerprint density at radius 3 is 2.77 bits per heavy atom. The third-order valence-corrected chi connectivity index (χ3v) is 2.57. The zero-order chi connectivity index (χ0) is 9.26. The average molecular weight is 176 g/mol. The monoisotopic (exact) mass is 176 g/mol. The summed E-state index contributed by atoms with van der Waals surface area (Å²) in [4.78, 5) is 0. The van der Waals surface area contributed by atoms with Crippen molar-refractivity contribution >= 4 is 5.69 Å². The molecule has 1 aliphatic rings. The van der Waals surface area contributed by atoms with Crippen LogP contribution in [-0.4, -0.2) is 12.6 Å². The highest BCUT2D eigenvalue weighted by atomic mass is 14.9. The molecule has 0 amide bonds. The molecule has 0 radical (unpaired) electrons. The maximum absolute atomic E-state index is 5.84. The molecular weight excluding hydrogens is 160 g/mol. The van der Waals surface area contributed by atoms with Gasteiger partial charge in [-0.2, -0.15) is 0 Å². The largest absolute Gasteiger partial charge is 0.385 e. The van der Waals surface area contributed by atoms with Crippen molar-refractivity contribution in [2.45, 2.75) is 25.3 Å². The van der Waals surface area contributed by atoms with Crippen LogP contribution in [0.1, 0.15) is 24.8 Å². The summed E-state index contributed by atoms with van der Waals surface area (Å²) in [5.41, 5.74) is 8.47. The third-order valence-electron chi connectivity index (χ3n) is 2.57. The first-order valence-electron chi connectivity index (χ1n) is 4.91. The summed E-state index contributed by atoms with van der Waals surface area (Å²) < 4.78 is 0. The van der Waals surface area contributed by atoms with E-state index in [2.05, 4.69) is 36.5 Å². The summed E-state index contributed by atoms with van der Waals surface area (Å²) in [6, 6.07) is 8.84. The lowest BCUT2D eigenvalue weighted by molar-refractivity contribution is 0.988. The highest BCUT2D eigenvalue weighted by Gasteiger charge is 2.36. The smallest absolute Gasteiger partial charge is 0.0376 e. The summed E-state index contributed by atoms with van der Waals surface area (Å²) in [7, 11) is 0. The van der Waals surface area contributed by atoms with Crippen molar-refractivity contribution in [3.8, 4) is 0 Å². The number of hydrogen-bond acceptors (Lipinski definition) is 2. The van der Waals surface area contributed by atoms with Crippen LogP contribution in [0.25, 0.3) is 0 Å². The number of rotatable bonds is 3. The fourth-order valence-corrected chi connectivity index (χ4v) is 1.74. The minimum absolute atomic E-state index is 0.389. The topological polar surface area (TPSA) is 38.0 Å². The van der Waals surface area contributed by atoms with E-state index in [0.717, 1.165) is 13.0 Å². The van der Waals surface area contributed by atoms with E-state index < -0.39 is 0 Å². The normalized spacial score (nSPS) is 25.7. The SMILES string of the molecule is CCNc1ccccc1C1CC1N. The predicted molar refractivity (Wildman–Crippen MR) is 55.9 cm³/mol. The lowest BCUT2D eigenvalue weighted by Gasteiger charge is -2.09. The molecule has 3 N–H and O–H groups in total. The van der Waals surface area contributed by atoms with E-state index in [1.165, 1.54) is 11.3 Å². The second kappa shape index (κ2) is 3.38. The van der Waals surface area contributed by atoms with Gasteiger partial charge in [0.1, 0.15) is 0 Å². The van der Waals surface area contributed by atoms with Gasteiger partial charge < -0.3 is 11.1 Å². The number of benzene rings is 1. The average Bonchev–Trinajstić information content (AvgIpc) is 2.84. The van der Waals surface area contributed by atoms with E-state index in [1.807, 2.05) is 0 Å². The lowest BCUT2D eigenvalue weighted by atomic mass is 10.1. The standard InChI is InChI=1S/C11H16N2/c1-2-13-11-6-4-3-5-8(11)9-7-10(9)12/h3-6,9-10,13H,2,7,12H2,1H3. The Balaban J connectivity index is 2.22. The number of anilines is 1. The van der Waals surface area contributed by atoms with E-state index >= 15 is 0 Å². The second-order valence-corrected chi connectivity index (χ2v) is 3.62. The molecule has 1 aliphatic carbocycles. The fraction of sp³-hybridized carbons (Fsp3) is 0.455. The molecule has 13 heavy (non-hydrogen) atoms. The van der Waals surface area contributed by atoms with Gasteiger partial charge in [0, 0.05) is 24.2 Å². The van der Waals surface area contributed by atoms with Crippen LogP contribution in [-0.2, 0) is 0 Å². The summed E-state index contributed by atoms with van der Waals surface area (Å²) >= 11 is 0. The molecule has 0 aliphatic heterocycles. The van der Waals surface area contributed by atoms with E-state index in [-0.39, 0.29) is 0 Å². The van der Waals surface area contributed by atoms with Gasteiger partial charge in [0.25, 0.3) is 0 Å². The molecule has 1 fully saturated rings. The Morgan fingerprint density at radius 2 is 2.15 bits per heavy atom. The minimum Gasteiger partial charge on any atom is -0.385 e. The Hall–Kier alpha value is -1.02. The second-order valence-electron chi connectivity index (χ2n) is 3.62. The Kier molecular flexibility index (Phi) is 2.23. The van der Waals surface area contributed by atoms with Crippen LogP contribution < -0.4 is 11.1 Å². The van der Waals surface area contributed by atoms with E-state index in [0.29, 0.717) is 12.0 Å². The number of hydrogen-bond donors (Lipinski definition) is 2. The van der Waals surface area contributed by atoms with Gasteiger partial charge in [-0.25, -0.2) is 0 Å². The molecule has 1 aromatic carbocycles. The van der Waals surface area contributed by atoms with E-state index in [4.69, 9.17) is 5.73 Å². The first-order valence-corrected chi connectivity index (χ1v) is 4.91. The minimum atomic E-state index is 0.389. The zero-order valence-electron chi connectivity index (χ0n) is 7.96. The predicted octanol–water partition coefficient (Wildman–Crippen LogP) is 1.93. The van der Waals surface area contributed by atoms with Crippen LogP contribution >= 0.6 is 0 Å². The molecule has 1 saturated carbocycles. The summed E-state index contributed by atoms with van der Waals surface area (Å²) in [6.07, 6.45) is 1.14. The maximum atomic E-state index is 5.84. The number of nitrogens with two attached hydrogens (primary N) is 1. The van der Waals surface area contributed by atoms with Crippen molar-refractivity contribution < 1.29 is 0 Å².